The Bertz CT molecular complexity index is 1010. The highest BCUT2D eigenvalue weighted by Gasteiger charge is 2.29. The van der Waals surface area contributed by atoms with E-state index < -0.39 is 0 Å². The molecule has 0 amide bonds. The molecule has 1 N–H and O–H groups in total. The highest BCUT2D eigenvalue weighted by atomic mass is 35.5. The van der Waals surface area contributed by atoms with Gasteiger partial charge < -0.3 is 5.11 Å². The first-order valence-corrected chi connectivity index (χ1v) is 9.37. The zero-order valence-electron chi connectivity index (χ0n) is 15.0. The number of carbonyl (C=O) groups excluding carboxylic acids is 1. The first kappa shape index (κ1) is 17.9. The Morgan fingerprint density at radius 1 is 1.33 bits per heavy atom. The summed E-state index contributed by atoms with van der Waals surface area (Å²) in [4.78, 5) is 16.5. The van der Waals surface area contributed by atoms with Crippen LogP contribution in [0.4, 0.5) is 0 Å². The number of aliphatic hydroxyl groups is 1. The molecule has 1 aliphatic rings. The van der Waals surface area contributed by atoms with Gasteiger partial charge in [0, 0.05) is 41.6 Å². The lowest BCUT2D eigenvalue weighted by molar-refractivity contribution is -0.119. The Hall–Kier alpha value is -2.50. The summed E-state index contributed by atoms with van der Waals surface area (Å²) in [6.45, 7) is 1.81. The molecule has 0 saturated heterocycles. The fourth-order valence-electron chi connectivity index (χ4n) is 3.16. The van der Waals surface area contributed by atoms with Gasteiger partial charge in [-0.25, -0.2) is 4.68 Å². The molecule has 1 fully saturated rings. The van der Waals surface area contributed by atoms with E-state index in [1.165, 1.54) is 0 Å². The molecule has 0 aliphatic heterocycles. The molecule has 138 valence electrons. The van der Waals surface area contributed by atoms with Crippen molar-refractivity contribution in [2.45, 2.75) is 32.8 Å². The van der Waals surface area contributed by atoms with E-state index in [9.17, 15) is 9.90 Å². The third kappa shape index (κ3) is 3.66. The van der Waals surface area contributed by atoms with Crippen molar-refractivity contribution in [3.8, 4) is 16.9 Å². The molecule has 0 atom stereocenters. The van der Waals surface area contributed by atoms with Crippen molar-refractivity contribution in [2.75, 3.05) is 0 Å². The minimum absolute atomic E-state index is 0.141. The van der Waals surface area contributed by atoms with Crippen LogP contribution in [0.1, 0.15) is 29.7 Å². The molecule has 27 heavy (non-hydrogen) atoms. The van der Waals surface area contributed by atoms with E-state index in [0.717, 1.165) is 35.3 Å². The molecule has 0 spiro atoms. The molecule has 2 aromatic heterocycles. The third-order valence-corrected chi connectivity index (χ3v) is 5.19. The molecular formula is C21H20ClN3O2. The van der Waals surface area contributed by atoms with Crippen LogP contribution in [0.3, 0.4) is 0 Å². The lowest BCUT2D eigenvalue weighted by Gasteiger charge is -2.08. The van der Waals surface area contributed by atoms with Gasteiger partial charge in [-0.3, -0.25) is 9.78 Å². The van der Waals surface area contributed by atoms with E-state index in [-0.39, 0.29) is 18.3 Å². The minimum Gasteiger partial charge on any atom is -0.392 e. The van der Waals surface area contributed by atoms with E-state index >= 15 is 0 Å². The zero-order valence-corrected chi connectivity index (χ0v) is 15.8. The normalized spacial score (nSPS) is 13.7. The van der Waals surface area contributed by atoms with Gasteiger partial charge in [-0.15, -0.1) is 0 Å². The topological polar surface area (TPSA) is 68.0 Å². The highest BCUT2D eigenvalue weighted by molar-refractivity contribution is 6.33. The number of benzene rings is 1. The number of hydrogen-bond donors (Lipinski definition) is 1. The summed E-state index contributed by atoms with van der Waals surface area (Å²) < 4.78 is 1.73. The zero-order chi connectivity index (χ0) is 19.0. The molecule has 5 nitrogen and oxygen atoms in total. The smallest absolute Gasteiger partial charge is 0.141 e. The molecule has 0 radical (unpaired) electrons. The molecule has 1 aliphatic carbocycles. The van der Waals surface area contributed by atoms with Gasteiger partial charge >= 0.3 is 0 Å². The van der Waals surface area contributed by atoms with Crippen molar-refractivity contribution in [1.82, 2.24) is 14.8 Å². The van der Waals surface area contributed by atoms with Crippen molar-refractivity contribution >= 4 is 17.4 Å². The maximum atomic E-state index is 12.1. The molecule has 2 heterocycles. The van der Waals surface area contributed by atoms with Crippen LogP contribution in [0.5, 0.6) is 0 Å². The van der Waals surface area contributed by atoms with Crippen molar-refractivity contribution in [3.05, 3.63) is 64.6 Å². The number of Topliss-reactive ketones (excluding diaryl/α,β-unsaturated/α-hetero) is 1. The van der Waals surface area contributed by atoms with Gasteiger partial charge in [0.2, 0.25) is 0 Å². The van der Waals surface area contributed by atoms with Crippen LogP contribution in [-0.4, -0.2) is 25.7 Å². The van der Waals surface area contributed by atoms with Crippen LogP contribution in [0.25, 0.3) is 16.9 Å². The number of carbonyl (C=O) groups is 1. The number of pyridine rings is 1. The summed E-state index contributed by atoms with van der Waals surface area (Å²) in [5, 5.41) is 15.0. The molecule has 6 heteroatoms. The number of aliphatic hydroxyl groups excluding tert-OH is 1. The van der Waals surface area contributed by atoms with E-state index in [4.69, 9.17) is 11.6 Å². The maximum Gasteiger partial charge on any atom is 0.141 e. The Balaban J connectivity index is 1.73. The second-order valence-corrected chi connectivity index (χ2v) is 7.37. The van der Waals surface area contributed by atoms with Crippen LogP contribution in [-0.2, 0) is 17.8 Å². The number of halogens is 1. The van der Waals surface area contributed by atoms with Gasteiger partial charge in [0.15, 0.2) is 0 Å². The van der Waals surface area contributed by atoms with Crippen LogP contribution in [0.2, 0.25) is 5.02 Å². The average molecular weight is 382 g/mol. The molecule has 3 aromatic rings. The van der Waals surface area contributed by atoms with E-state index in [1.54, 1.807) is 23.1 Å². The van der Waals surface area contributed by atoms with Crippen LogP contribution < -0.4 is 0 Å². The van der Waals surface area contributed by atoms with Crippen molar-refractivity contribution in [1.29, 1.82) is 0 Å². The molecule has 1 saturated carbocycles. The van der Waals surface area contributed by atoms with E-state index in [2.05, 4.69) is 10.1 Å². The quantitative estimate of drug-likeness (QED) is 0.702. The largest absolute Gasteiger partial charge is 0.392 e. The maximum absolute atomic E-state index is 12.1. The standard InChI is InChI=1S/C21H20ClN3O2/c1-13-10-23-16(9-20(27)14-6-7-14)8-19(13)25-11-15(12-26)21(24-25)17-4-2-3-5-18(17)22/h2-5,8,10-11,14,26H,6-7,9,12H2,1H3. The first-order valence-electron chi connectivity index (χ1n) is 8.99. The van der Waals surface area contributed by atoms with Crippen molar-refractivity contribution in [3.63, 3.8) is 0 Å². The summed E-state index contributed by atoms with van der Waals surface area (Å²) in [7, 11) is 0. The van der Waals surface area contributed by atoms with E-state index in [1.807, 2.05) is 31.2 Å². The summed E-state index contributed by atoms with van der Waals surface area (Å²) in [5.41, 5.74) is 4.64. The summed E-state index contributed by atoms with van der Waals surface area (Å²) in [5.74, 6) is 0.472. The van der Waals surface area contributed by atoms with Crippen LogP contribution in [0, 0.1) is 12.8 Å². The van der Waals surface area contributed by atoms with Gasteiger partial charge in [0.25, 0.3) is 0 Å². The predicted octanol–water partition coefficient (Wildman–Crippen LogP) is 3.91. The van der Waals surface area contributed by atoms with Crippen molar-refractivity contribution < 1.29 is 9.90 Å². The fourth-order valence-corrected chi connectivity index (χ4v) is 3.38. The van der Waals surface area contributed by atoms with Crippen LogP contribution >= 0.6 is 11.6 Å². The summed E-state index contributed by atoms with van der Waals surface area (Å²) >= 11 is 6.31. The van der Waals surface area contributed by atoms with Crippen LogP contribution in [0.15, 0.2) is 42.7 Å². The third-order valence-electron chi connectivity index (χ3n) is 4.86. The lowest BCUT2D eigenvalue weighted by atomic mass is 10.1. The Morgan fingerprint density at radius 3 is 2.81 bits per heavy atom. The Labute approximate surface area is 162 Å². The lowest BCUT2D eigenvalue weighted by Crippen LogP contribution is -2.08. The molecule has 4 rings (SSSR count). The van der Waals surface area contributed by atoms with Gasteiger partial charge in [0.05, 0.1) is 23.0 Å². The SMILES string of the molecule is Cc1cnc(CC(=O)C2CC2)cc1-n1cc(CO)c(-c2ccccc2Cl)n1. The second kappa shape index (κ2) is 7.25. The molecule has 1 aromatic carbocycles. The fraction of sp³-hybridized carbons (Fsp3) is 0.286. The number of aromatic nitrogens is 3. The monoisotopic (exact) mass is 381 g/mol. The Kier molecular flexibility index (Phi) is 4.81. The molecule has 0 bridgehead atoms. The highest BCUT2D eigenvalue weighted by Crippen LogP contribution is 2.32. The number of rotatable bonds is 6. The number of hydrogen-bond acceptors (Lipinski definition) is 4. The summed E-state index contributed by atoms with van der Waals surface area (Å²) in [6, 6.07) is 9.34. The number of aryl methyl sites for hydroxylation is 1. The summed E-state index contributed by atoms with van der Waals surface area (Å²) in [6.07, 6.45) is 5.91. The minimum atomic E-state index is -0.141. The van der Waals surface area contributed by atoms with Gasteiger partial charge in [0.1, 0.15) is 5.78 Å². The first-order chi connectivity index (χ1) is 13.1. The molecular weight excluding hydrogens is 362 g/mol. The van der Waals surface area contributed by atoms with Crippen molar-refractivity contribution in [2.24, 2.45) is 5.92 Å². The van der Waals surface area contributed by atoms with Gasteiger partial charge in [-0.1, -0.05) is 29.8 Å². The van der Waals surface area contributed by atoms with Gasteiger partial charge in [-0.05, 0) is 37.5 Å². The molecule has 0 unspecified atom stereocenters. The predicted molar refractivity (Wildman–Crippen MR) is 104 cm³/mol. The number of ketones is 1. The van der Waals surface area contributed by atoms with E-state index in [0.29, 0.717) is 22.7 Å². The Morgan fingerprint density at radius 2 is 2.11 bits per heavy atom. The average Bonchev–Trinajstić information content (AvgIpc) is 3.43. The van der Waals surface area contributed by atoms with Gasteiger partial charge in [-0.2, -0.15) is 5.10 Å². The number of nitrogens with zero attached hydrogens (tertiary/aromatic N) is 3. The second-order valence-electron chi connectivity index (χ2n) is 6.96.